The minimum atomic E-state index is 0.746. The van der Waals surface area contributed by atoms with Crippen LogP contribution in [0.2, 0.25) is 0 Å². The van der Waals surface area contributed by atoms with Crippen molar-refractivity contribution in [1.29, 1.82) is 0 Å². The van der Waals surface area contributed by atoms with Gasteiger partial charge in [-0.25, -0.2) is 4.98 Å². The maximum Gasteiger partial charge on any atom is 0.0812 e. The number of aromatic nitrogens is 1. The van der Waals surface area contributed by atoms with Crippen molar-refractivity contribution in [3.8, 4) is 0 Å². The van der Waals surface area contributed by atoms with E-state index in [0.717, 1.165) is 24.4 Å². The molecular formula is C13H14N2S. The number of hydrogen-bond acceptors (Lipinski definition) is 3. The second-order valence-corrected chi connectivity index (χ2v) is 5.35. The molecule has 1 aromatic heterocycles. The van der Waals surface area contributed by atoms with E-state index in [-0.39, 0.29) is 0 Å². The van der Waals surface area contributed by atoms with Crippen LogP contribution in [-0.4, -0.2) is 17.2 Å². The van der Waals surface area contributed by atoms with Gasteiger partial charge in [0.15, 0.2) is 0 Å². The fourth-order valence-electron chi connectivity index (χ4n) is 2.09. The Bertz CT molecular complexity index is 542. The Morgan fingerprint density at radius 1 is 1.38 bits per heavy atom. The second-order valence-electron chi connectivity index (χ2n) is 4.47. The minimum Gasteiger partial charge on any atom is -0.289 e. The van der Waals surface area contributed by atoms with E-state index in [1.807, 2.05) is 5.51 Å². The van der Waals surface area contributed by atoms with Crippen molar-refractivity contribution in [1.82, 2.24) is 4.98 Å². The molecule has 0 bridgehead atoms. The van der Waals surface area contributed by atoms with E-state index in [1.54, 1.807) is 11.3 Å². The number of rotatable bonds is 1. The molecule has 0 spiro atoms. The molecule has 0 saturated heterocycles. The molecule has 2 nitrogen and oxygen atoms in total. The summed E-state index contributed by atoms with van der Waals surface area (Å²) in [6, 6.07) is 6.47. The van der Waals surface area contributed by atoms with Gasteiger partial charge in [-0.3, -0.25) is 4.99 Å². The van der Waals surface area contributed by atoms with Gasteiger partial charge in [0.2, 0.25) is 0 Å². The lowest BCUT2D eigenvalue weighted by Crippen LogP contribution is -2.14. The average Bonchev–Trinajstić information content (AvgIpc) is 2.77. The summed E-state index contributed by atoms with van der Waals surface area (Å²) in [5.74, 6) is 0.746. The van der Waals surface area contributed by atoms with Crippen molar-refractivity contribution in [2.24, 2.45) is 10.9 Å². The Morgan fingerprint density at radius 3 is 3.12 bits per heavy atom. The van der Waals surface area contributed by atoms with Crippen molar-refractivity contribution in [2.45, 2.75) is 19.8 Å². The first kappa shape index (κ1) is 9.97. The van der Waals surface area contributed by atoms with Crippen molar-refractivity contribution in [3.63, 3.8) is 0 Å². The number of fused-ring (bicyclic) bond motifs is 1. The van der Waals surface area contributed by atoms with E-state index in [9.17, 15) is 0 Å². The Balaban J connectivity index is 1.99. The van der Waals surface area contributed by atoms with E-state index in [2.05, 4.69) is 35.1 Å². The van der Waals surface area contributed by atoms with Gasteiger partial charge in [-0.1, -0.05) is 13.0 Å². The maximum atomic E-state index is 4.67. The lowest BCUT2D eigenvalue weighted by atomic mass is 9.96. The molecule has 1 atom stereocenters. The topological polar surface area (TPSA) is 25.2 Å². The summed E-state index contributed by atoms with van der Waals surface area (Å²) in [7, 11) is 0. The molecule has 3 rings (SSSR count). The number of thiazole rings is 1. The Hall–Kier alpha value is -1.22. The van der Waals surface area contributed by atoms with Crippen molar-refractivity contribution in [2.75, 3.05) is 6.54 Å². The van der Waals surface area contributed by atoms with Crippen LogP contribution in [0.3, 0.4) is 0 Å². The van der Waals surface area contributed by atoms with Crippen LogP contribution in [0.15, 0.2) is 28.7 Å². The average molecular weight is 230 g/mol. The number of aliphatic imine (C=N–C) groups is 1. The van der Waals surface area contributed by atoms with Crippen LogP contribution >= 0.6 is 11.3 Å². The van der Waals surface area contributed by atoms with Gasteiger partial charge in [-0.2, -0.15) is 0 Å². The number of benzene rings is 1. The van der Waals surface area contributed by atoms with Gasteiger partial charge >= 0.3 is 0 Å². The van der Waals surface area contributed by atoms with Gasteiger partial charge in [0.1, 0.15) is 0 Å². The van der Waals surface area contributed by atoms with Crippen LogP contribution in [0.1, 0.15) is 25.3 Å². The largest absolute Gasteiger partial charge is 0.289 e. The molecule has 0 amide bonds. The van der Waals surface area contributed by atoms with Crippen LogP contribution in [0.5, 0.6) is 0 Å². The maximum absolute atomic E-state index is 4.67. The summed E-state index contributed by atoms with van der Waals surface area (Å²) in [6.07, 6.45) is 2.38. The highest BCUT2D eigenvalue weighted by atomic mass is 32.1. The third-order valence-electron chi connectivity index (χ3n) is 3.13. The summed E-state index contributed by atoms with van der Waals surface area (Å²) < 4.78 is 1.26. The first-order valence-electron chi connectivity index (χ1n) is 5.70. The zero-order valence-electron chi connectivity index (χ0n) is 9.31. The monoisotopic (exact) mass is 230 g/mol. The molecule has 0 fully saturated rings. The zero-order chi connectivity index (χ0) is 11.0. The third kappa shape index (κ3) is 1.76. The van der Waals surface area contributed by atoms with Crippen LogP contribution in [0.25, 0.3) is 10.2 Å². The van der Waals surface area contributed by atoms with Crippen LogP contribution in [0, 0.1) is 5.92 Å². The molecule has 0 radical (unpaired) electrons. The summed E-state index contributed by atoms with van der Waals surface area (Å²) in [5, 5.41) is 0. The van der Waals surface area contributed by atoms with Gasteiger partial charge < -0.3 is 0 Å². The molecule has 1 aliphatic rings. The molecule has 16 heavy (non-hydrogen) atoms. The molecule has 2 heterocycles. The lowest BCUT2D eigenvalue weighted by Gasteiger charge is -2.17. The van der Waals surface area contributed by atoms with Crippen LogP contribution in [-0.2, 0) is 0 Å². The van der Waals surface area contributed by atoms with Crippen LogP contribution < -0.4 is 0 Å². The van der Waals surface area contributed by atoms with Gasteiger partial charge in [-0.15, -0.1) is 11.3 Å². The Labute approximate surface area is 99.1 Å². The van der Waals surface area contributed by atoms with Crippen molar-refractivity contribution >= 4 is 27.3 Å². The summed E-state index contributed by atoms with van der Waals surface area (Å²) in [6.45, 7) is 3.25. The first-order chi connectivity index (χ1) is 7.83. The van der Waals surface area contributed by atoms with E-state index in [1.165, 1.54) is 22.4 Å². The SMILES string of the molecule is CC1CCC(c2ccc3ncsc3c2)=NC1. The standard InChI is InChI=1S/C13H14N2S/c1-9-2-4-11(14-7-9)10-3-5-12-13(6-10)16-8-15-12/h3,5-6,8-9H,2,4,7H2,1H3. The molecular weight excluding hydrogens is 216 g/mol. The normalized spacial score (nSPS) is 21.1. The molecule has 3 heteroatoms. The number of nitrogens with zero attached hydrogens (tertiary/aromatic N) is 2. The lowest BCUT2D eigenvalue weighted by molar-refractivity contribution is 0.538. The quantitative estimate of drug-likeness (QED) is 0.736. The minimum absolute atomic E-state index is 0.746. The molecule has 0 aliphatic carbocycles. The van der Waals surface area contributed by atoms with Gasteiger partial charge in [0.05, 0.1) is 15.7 Å². The highest BCUT2D eigenvalue weighted by Crippen LogP contribution is 2.23. The van der Waals surface area contributed by atoms with Gasteiger partial charge in [0, 0.05) is 12.3 Å². The summed E-state index contributed by atoms with van der Waals surface area (Å²) in [5.41, 5.74) is 5.55. The molecule has 1 aromatic carbocycles. The van der Waals surface area contributed by atoms with E-state index >= 15 is 0 Å². The van der Waals surface area contributed by atoms with Crippen molar-refractivity contribution < 1.29 is 0 Å². The number of hydrogen-bond donors (Lipinski definition) is 0. The molecule has 1 unspecified atom stereocenters. The van der Waals surface area contributed by atoms with E-state index < -0.39 is 0 Å². The smallest absolute Gasteiger partial charge is 0.0812 e. The zero-order valence-corrected chi connectivity index (χ0v) is 10.1. The fourth-order valence-corrected chi connectivity index (χ4v) is 2.81. The summed E-state index contributed by atoms with van der Waals surface area (Å²) in [4.78, 5) is 8.97. The highest BCUT2D eigenvalue weighted by Gasteiger charge is 2.13. The van der Waals surface area contributed by atoms with E-state index in [4.69, 9.17) is 0 Å². The molecule has 0 saturated carbocycles. The molecule has 0 N–H and O–H groups in total. The van der Waals surface area contributed by atoms with Crippen molar-refractivity contribution in [3.05, 3.63) is 29.3 Å². The predicted octanol–water partition coefficient (Wildman–Crippen LogP) is 3.52. The fraction of sp³-hybridized carbons (Fsp3) is 0.385. The van der Waals surface area contributed by atoms with E-state index in [0.29, 0.717) is 0 Å². The predicted molar refractivity (Wildman–Crippen MR) is 69.4 cm³/mol. The summed E-state index contributed by atoms with van der Waals surface area (Å²) >= 11 is 1.70. The van der Waals surface area contributed by atoms with Gasteiger partial charge in [-0.05, 0) is 36.5 Å². The molecule has 1 aliphatic heterocycles. The Morgan fingerprint density at radius 2 is 2.31 bits per heavy atom. The highest BCUT2D eigenvalue weighted by molar-refractivity contribution is 7.16. The molecule has 82 valence electrons. The molecule has 2 aromatic rings. The van der Waals surface area contributed by atoms with Gasteiger partial charge in [0.25, 0.3) is 0 Å². The first-order valence-corrected chi connectivity index (χ1v) is 6.58. The second kappa shape index (κ2) is 3.98. The Kier molecular flexibility index (Phi) is 2.48. The van der Waals surface area contributed by atoms with Crippen LogP contribution in [0.4, 0.5) is 0 Å². The third-order valence-corrected chi connectivity index (χ3v) is 3.92.